The maximum absolute atomic E-state index is 13.4. The molecule has 1 atom stereocenters. The number of halogens is 1. The summed E-state index contributed by atoms with van der Waals surface area (Å²) in [4.78, 5) is 41.5. The van der Waals surface area contributed by atoms with Gasteiger partial charge in [-0.15, -0.1) is 0 Å². The summed E-state index contributed by atoms with van der Waals surface area (Å²) in [7, 11) is 1.26. The second-order valence-corrected chi connectivity index (χ2v) is 8.36. The molecule has 2 aromatic carbocycles. The number of rotatable bonds is 4. The Bertz CT molecular complexity index is 1470. The highest BCUT2D eigenvalue weighted by Gasteiger charge is 2.34. The van der Waals surface area contributed by atoms with Crippen molar-refractivity contribution in [1.29, 1.82) is 0 Å². The average Bonchev–Trinajstić information content (AvgIpc) is 3.07. The van der Waals surface area contributed by atoms with Gasteiger partial charge < -0.3 is 4.74 Å². The Morgan fingerprint density at radius 3 is 2.72 bits per heavy atom. The minimum absolute atomic E-state index is 0.0794. The molecular formula is C22H16ClN3O5S. The number of benzene rings is 2. The van der Waals surface area contributed by atoms with Gasteiger partial charge in [-0.05, 0) is 30.2 Å². The first kappa shape index (κ1) is 21.7. The molecule has 0 aliphatic carbocycles. The number of aromatic nitrogens is 1. The summed E-state index contributed by atoms with van der Waals surface area (Å²) in [5.41, 5.74) is 1.23. The second kappa shape index (κ2) is 8.52. The van der Waals surface area contributed by atoms with Crippen LogP contribution in [0.1, 0.15) is 24.1 Å². The molecule has 162 valence electrons. The lowest BCUT2D eigenvalue weighted by molar-refractivity contribution is -0.384. The van der Waals surface area contributed by atoms with Crippen molar-refractivity contribution >= 4 is 40.7 Å². The third-order valence-corrected chi connectivity index (χ3v) is 6.33. The molecule has 0 unspecified atom stereocenters. The number of nitro benzene ring substituents is 1. The standard InChI is InChI=1S/C22H16ClN3O5S/c1-12-18(21(28)31-2)19(15-8-3-4-9-16(15)23)25-20(27)17(32-22(25)24-12)11-13-6-5-7-14(10-13)26(29)30/h3-11,19H,1-2H3/b17-11-/t19-/m0/s1. The molecule has 0 bridgehead atoms. The maximum atomic E-state index is 13.4. The van der Waals surface area contributed by atoms with E-state index in [0.717, 1.165) is 11.3 Å². The van der Waals surface area contributed by atoms with Gasteiger partial charge in [0, 0.05) is 17.2 Å². The molecule has 0 radical (unpaired) electrons. The Labute approximate surface area is 190 Å². The molecule has 1 aliphatic rings. The molecule has 0 N–H and O–H groups in total. The predicted octanol–water partition coefficient (Wildman–Crippen LogP) is 2.97. The molecule has 1 aromatic heterocycles. The van der Waals surface area contributed by atoms with E-state index in [1.165, 1.54) is 23.8 Å². The third kappa shape index (κ3) is 3.76. The average molecular weight is 470 g/mol. The van der Waals surface area contributed by atoms with Crippen molar-refractivity contribution in [3.8, 4) is 0 Å². The van der Waals surface area contributed by atoms with Crippen LogP contribution < -0.4 is 14.9 Å². The van der Waals surface area contributed by atoms with E-state index in [4.69, 9.17) is 16.3 Å². The van der Waals surface area contributed by atoms with E-state index in [1.807, 2.05) is 0 Å². The fourth-order valence-electron chi connectivity index (χ4n) is 3.56. The van der Waals surface area contributed by atoms with Gasteiger partial charge in [-0.2, -0.15) is 0 Å². The fraction of sp³-hybridized carbons (Fsp3) is 0.136. The number of carbonyl (C=O) groups excluding carboxylic acids is 1. The number of allylic oxidation sites excluding steroid dienone is 1. The van der Waals surface area contributed by atoms with Gasteiger partial charge in [-0.1, -0.05) is 53.3 Å². The number of carbonyl (C=O) groups is 1. The van der Waals surface area contributed by atoms with Crippen LogP contribution in [0, 0.1) is 10.1 Å². The minimum atomic E-state index is -0.820. The van der Waals surface area contributed by atoms with Crippen molar-refractivity contribution in [3.05, 3.63) is 106 Å². The Morgan fingerprint density at radius 2 is 2.03 bits per heavy atom. The molecule has 0 saturated heterocycles. The van der Waals surface area contributed by atoms with Crippen molar-refractivity contribution < 1.29 is 14.5 Å². The van der Waals surface area contributed by atoms with E-state index < -0.39 is 16.9 Å². The maximum Gasteiger partial charge on any atom is 0.338 e. The van der Waals surface area contributed by atoms with Crippen LogP contribution in [0.15, 0.2) is 69.6 Å². The monoisotopic (exact) mass is 469 g/mol. The molecule has 1 aliphatic heterocycles. The van der Waals surface area contributed by atoms with Gasteiger partial charge in [0.2, 0.25) is 0 Å². The normalized spacial score (nSPS) is 15.8. The zero-order valence-corrected chi connectivity index (χ0v) is 18.5. The fourth-order valence-corrected chi connectivity index (χ4v) is 4.85. The second-order valence-electron chi connectivity index (χ2n) is 6.95. The first-order chi connectivity index (χ1) is 15.3. The van der Waals surface area contributed by atoms with Gasteiger partial charge in [-0.25, -0.2) is 9.79 Å². The highest BCUT2D eigenvalue weighted by Crippen LogP contribution is 2.34. The topological polar surface area (TPSA) is 104 Å². The van der Waals surface area contributed by atoms with Gasteiger partial charge in [0.25, 0.3) is 11.2 Å². The van der Waals surface area contributed by atoms with Gasteiger partial charge in [-0.3, -0.25) is 19.5 Å². The van der Waals surface area contributed by atoms with E-state index in [9.17, 15) is 19.7 Å². The first-order valence-electron chi connectivity index (χ1n) is 9.41. The van der Waals surface area contributed by atoms with Crippen LogP contribution >= 0.6 is 22.9 Å². The Hall–Kier alpha value is -3.56. The highest BCUT2D eigenvalue weighted by molar-refractivity contribution is 7.07. The molecule has 3 aromatic rings. The SMILES string of the molecule is COC(=O)C1=C(C)N=c2s/c(=C\c3cccc([N+](=O)[O-])c3)c(=O)n2[C@H]1c1ccccc1Cl. The highest BCUT2D eigenvalue weighted by atomic mass is 35.5. The lowest BCUT2D eigenvalue weighted by Crippen LogP contribution is -2.39. The third-order valence-electron chi connectivity index (χ3n) is 5.01. The van der Waals surface area contributed by atoms with Crippen LogP contribution in [0.4, 0.5) is 5.69 Å². The number of esters is 1. The Balaban J connectivity index is 1.98. The number of nitro groups is 1. The smallest absolute Gasteiger partial charge is 0.338 e. The number of methoxy groups -OCH3 is 1. The van der Waals surface area contributed by atoms with Gasteiger partial charge >= 0.3 is 5.97 Å². The minimum Gasteiger partial charge on any atom is -0.466 e. The number of non-ortho nitro benzene ring substituents is 1. The van der Waals surface area contributed by atoms with Crippen molar-refractivity contribution in [2.75, 3.05) is 7.11 Å². The van der Waals surface area contributed by atoms with Crippen LogP contribution in [-0.4, -0.2) is 22.6 Å². The largest absolute Gasteiger partial charge is 0.466 e. The zero-order chi connectivity index (χ0) is 23.0. The zero-order valence-electron chi connectivity index (χ0n) is 16.9. The van der Waals surface area contributed by atoms with Crippen LogP contribution in [0.2, 0.25) is 5.02 Å². The number of ether oxygens (including phenoxy) is 1. The van der Waals surface area contributed by atoms with E-state index in [2.05, 4.69) is 4.99 Å². The van der Waals surface area contributed by atoms with Crippen LogP contribution in [0.25, 0.3) is 6.08 Å². The number of hydrogen-bond acceptors (Lipinski definition) is 7. The molecule has 4 rings (SSSR count). The molecule has 10 heteroatoms. The summed E-state index contributed by atoms with van der Waals surface area (Å²) < 4.78 is 6.69. The van der Waals surface area contributed by atoms with Gasteiger partial charge in [0.1, 0.15) is 6.04 Å². The molecule has 8 nitrogen and oxygen atoms in total. The molecule has 32 heavy (non-hydrogen) atoms. The quantitative estimate of drug-likeness (QED) is 0.332. The number of thiazole rings is 1. The summed E-state index contributed by atoms with van der Waals surface area (Å²) in [5.74, 6) is -0.607. The molecule has 0 fully saturated rings. The molecule has 0 saturated carbocycles. The molecule has 0 spiro atoms. The van der Waals surface area contributed by atoms with Crippen LogP contribution in [-0.2, 0) is 9.53 Å². The lowest BCUT2D eigenvalue weighted by Gasteiger charge is -2.25. The van der Waals surface area contributed by atoms with E-state index in [-0.39, 0.29) is 16.8 Å². The van der Waals surface area contributed by atoms with Gasteiger partial charge in [0.05, 0.1) is 27.8 Å². The van der Waals surface area contributed by atoms with Crippen molar-refractivity contribution in [2.24, 2.45) is 4.99 Å². The van der Waals surface area contributed by atoms with E-state index in [1.54, 1.807) is 49.4 Å². The lowest BCUT2D eigenvalue weighted by atomic mass is 9.96. The van der Waals surface area contributed by atoms with E-state index >= 15 is 0 Å². The van der Waals surface area contributed by atoms with Crippen LogP contribution in [0.5, 0.6) is 0 Å². The molecular weight excluding hydrogens is 454 g/mol. The molecule has 2 heterocycles. The summed E-state index contributed by atoms with van der Waals surface area (Å²) in [6.45, 7) is 1.67. The van der Waals surface area contributed by atoms with Crippen molar-refractivity contribution in [2.45, 2.75) is 13.0 Å². The summed E-state index contributed by atoms with van der Waals surface area (Å²) in [6.07, 6.45) is 1.57. The van der Waals surface area contributed by atoms with Crippen LogP contribution in [0.3, 0.4) is 0 Å². The summed E-state index contributed by atoms with van der Waals surface area (Å²) >= 11 is 7.56. The van der Waals surface area contributed by atoms with Gasteiger partial charge in [0.15, 0.2) is 4.80 Å². The van der Waals surface area contributed by atoms with E-state index in [0.29, 0.717) is 31.2 Å². The first-order valence-corrected chi connectivity index (χ1v) is 10.6. The van der Waals surface area contributed by atoms with Crippen molar-refractivity contribution in [3.63, 3.8) is 0 Å². The number of nitrogens with zero attached hydrogens (tertiary/aromatic N) is 3. The van der Waals surface area contributed by atoms with Crippen molar-refractivity contribution in [1.82, 2.24) is 4.57 Å². The summed E-state index contributed by atoms with van der Waals surface area (Å²) in [6, 6.07) is 12.1. The Morgan fingerprint density at radius 1 is 1.28 bits per heavy atom. The number of hydrogen-bond donors (Lipinski definition) is 0. The predicted molar refractivity (Wildman–Crippen MR) is 120 cm³/mol. The summed E-state index contributed by atoms with van der Waals surface area (Å²) in [5, 5.41) is 11.5. The molecule has 0 amide bonds. The number of fused-ring (bicyclic) bond motifs is 1. The Kier molecular flexibility index (Phi) is 5.77.